The Morgan fingerprint density at radius 1 is 1.17 bits per heavy atom. The van der Waals surface area contributed by atoms with E-state index in [2.05, 4.69) is 4.90 Å². The van der Waals surface area contributed by atoms with Gasteiger partial charge in [-0.1, -0.05) is 0 Å². The van der Waals surface area contributed by atoms with E-state index in [0.717, 1.165) is 35.9 Å². The number of benzene rings is 1. The zero-order chi connectivity index (χ0) is 20.4. The number of hydrazone groups is 1. The lowest BCUT2D eigenvalue weighted by atomic mass is 10.0. The summed E-state index contributed by atoms with van der Waals surface area (Å²) in [4.78, 5) is 15.3. The van der Waals surface area contributed by atoms with Gasteiger partial charge in [0.2, 0.25) is 0 Å². The molecule has 154 valence electrons. The van der Waals surface area contributed by atoms with Crippen LogP contribution >= 0.6 is 0 Å². The van der Waals surface area contributed by atoms with Crippen LogP contribution in [0, 0.1) is 0 Å². The molecule has 3 atom stereocenters. The molecule has 3 heterocycles. The second-order valence-corrected chi connectivity index (χ2v) is 7.70. The van der Waals surface area contributed by atoms with Crippen LogP contribution < -0.4 is 4.74 Å². The highest BCUT2D eigenvalue weighted by molar-refractivity contribution is 6.03. The number of morpholine rings is 1. The molecule has 0 unspecified atom stereocenters. The third-order valence-electron chi connectivity index (χ3n) is 5.31. The van der Waals surface area contributed by atoms with Crippen LogP contribution in [0.15, 0.2) is 52.2 Å². The van der Waals surface area contributed by atoms with E-state index < -0.39 is 0 Å². The third-order valence-corrected chi connectivity index (χ3v) is 5.31. The van der Waals surface area contributed by atoms with E-state index in [0.29, 0.717) is 13.0 Å². The van der Waals surface area contributed by atoms with Crippen LogP contribution in [0.1, 0.15) is 37.6 Å². The molecule has 7 heteroatoms. The van der Waals surface area contributed by atoms with Crippen LogP contribution in [0.3, 0.4) is 0 Å². The first-order valence-corrected chi connectivity index (χ1v) is 9.98. The van der Waals surface area contributed by atoms with Crippen LogP contribution in [0.4, 0.5) is 0 Å². The van der Waals surface area contributed by atoms with E-state index in [-0.39, 0.29) is 24.2 Å². The summed E-state index contributed by atoms with van der Waals surface area (Å²) in [5, 5.41) is 6.28. The molecule has 0 aliphatic carbocycles. The van der Waals surface area contributed by atoms with Gasteiger partial charge in [-0.15, -0.1) is 0 Å². The quantitative estimate of drug-likeness (QED) is 0.776. The Morgan fingerprint density at radius 2 is 1.90 bits per heavy atom. The van der Waals surface area contributed by atoms with Gasteiger partial charge in [-0.05, 0) is 55.8 Å². The first-order valence-electron chi connectivity index (χ1n) is 9.98. The summed E-state index contributed by atoms with van der Waals surface area (Å²) in [5.74, 6) is 1.50. The van der Waals surface area contributed by atoms with E-state index in [9.17, 15) is 4.79 Å². The number of furan rings is 1. The summed E-state index contributed by atoms with van der Waals surface area (Å²) < 4.78 is 16.6. The predicted molar refractivity (Wildman–Crippen MR) is 109 cm³/mol. The second-order valence-electron chi connectivity index (χ2n) is 7.70. The Morgan fingerprint density at radius 3 is 2.52 bits per heavy atom. The average Bonchev–Trinajstić information content (AvgIpc) is 3.37. The van der Waals surface area contributed by atoms with Crippen molar-refractivity contribution in [3.63, 3.8) is 0 Å². The molecule has 1 aromatic heterocycles. The second kappa shape index (κ2) is 8.39. The highest BCUT2D eigenvalue weighted by atomic mass is 16.5. The highest BCUT2D eigenvalue weighted by Gasteiger charge is 2.36. The minimum absolute atomic E-state index is 0.0313. The standard InChI is InChI=1S/C22H27N3O4/c1-15-12-24(13-16(2)29-15)14-22(26)25-20(21-5-4-10-28-21)11-19(23-25)17-6-8-18(27-3)9-7-17/h4-10,15-16,20H,11-14H2,1-3H3/t15-,16-,20-/m0/s1. The Balaban J connectivity index is 1.55. The minimum atomic E-state index is -0.231. The smallest absolute Gasteiger partial charge is 0.257 e. The van der Waals surface area contributed by atoms with E-state index in [4.69, 9.17) is 19.0 Å². The van der Waals surface area contributed by atoms with E-state index >= 15 is 0 Å². The summed E-state index contributed by atoms with van der Waals surface area (Å²) in [6.07, 6.45) is 2.48. The lowest BCUT2D eigenvalue weighted by molar-refractivity contribution is -0.138. The van der Waals surface area contributed by atoms with Gasteiger partial charge < -0.3 is 13.9 Å². The first-order chi connectivity index (χ1) is 14.0. The van der Waals surface area contributed by atoms with Crippen LogP contribution in [0.5, 0.6) is 5.75 Å². The van der Waals surface area contributed by atoms with Gasteiger partial charge in [0, 0.05) is 19.5 Å². The van der Waals surface area contributed by atoms with Crippen molar-refractivity contribution >= 4 is 11.6 Å². The minimum Gasteiger partial charge on any atom is -0.497 e. The SMILES string of the molecule is COc1ccc(C2=NN(C(=O)CN3C[C@H](C)O[C@@H](C)C3)[C@H](c3ccco3)C2)cc1. The lowest BCUT2D eigenvalue weighted by Crippen LogP contribution is -2.49. The summed E-state index contributed by atoms with van der Waals surface area (Å²) in [6, 6.07) is 11.3. The number of amides is 1. The topological polar surface area (TPSA) is 67.5 Å². The molecule has 0 bridgehead atoms. The van der Waals surface area contributed by atoms with Gasteiger partial charge in [0.1, 0.15) is 17.6 Å². The summed E-state index contributed by atoms with van der Waals surface area (Å²) in [7, 11) is 1.64. The van der Waals surface area contributed by atoms with Crippen molar-refractivity contribution in [2.75, 3.05) is 26.7 Å². The van der Waals surface area contributed by atoms with Crippen molar-refractivity contribution in [1.29, 1.82) is 0 Å². The molecule has 1 fully saturated rings. The Labute approximate surface area is 170 Å². The van der Waals surface area contributed by atoms with Crippen LogP contribution in [0.2, 0.25) is 0 Å². The molecule has 4 rings (SSSR count). The number of hydrogen-bond acceptors (Lipinski definition) is 6. The number of carbonyl (C=O) groups is 1. The number of nitrogens with zero attached hydrogens (tertiary/aromatic N) is 3. The lowest BCUT2D eigenvalue weighted by Gasteiger charge is -2.35. The van der Waals surface area contributed by atoms with Gasteiger partial charge in [0.25, 0.3) is 5.91 Å². The van der Waals surface area contributed by atoms with Crippen LogP contribution in [-0.2, 0) is 9.53 Å². The summed E-state index contributed by atoms with van der Waals surface area (Å²) in [6.45, 7) is 5.87. The summed E-state index contributed by atoms with van der Waals surface area (Å²) >= 11 is 0. The van der Waals surface area contributed by atoms with Crippen molar-refractivity contribution in [3.8, 4) is 5.75 Å². The van der Waals surface area contributed by atoms with Crippen LogP contribution in [-0.4, -0.2) is 60.5 Å². The van der Waals surface area contributed by atoms with Crippen molar-refractivity contribution in [1.82, 2.24) is 9.91 Å². The predicted octanol–water partition coefficient (Wildman–Crippen LogP) is 3.08. The molecule has 1 aromatic carbocycles. The van der Waals surface area contributed by atoms with Gasteiger partial charge in [-0.2, -0.15) is 5.10 Å². The Hall–Kier alpha value is -2.64. The van der Waals surface area contributed by atoms with Gasteiger partial charge in [0.05, 0.1) is 37.8 Å². The molecule has 2 aliphatic heterocycles. The van der Waals surface area contributed by atoms with Gasteiger partial charge in [-0.3, -0.25) is 9.69 Å². The fourth-order valence-corrected chi connectivity index (χ4v) is 4.08. The number of rotatable bonds is 5. The molecule has 0 saturated carbocycles. The Bertz CT molecular complexity index is 853. The average molecular weight is 397 g/mol. The van der Waals surface area contributed by atoms with E-state index in [1.54, 1.807) is 18.4 Å². The molecule has 0 radical (unpaired) electrons. The third kappa shape index (κ3) is 4.36. The van der Waals surface area contributed by atoms with E-state index in [1.807, 2.05) is 50.2 Å². The molecule has 1 amide bonds. The number of ether oxygens (including phenoxy) is 2. The monoisotopic (exact) mass is 397 g/mol. The maximum Gasteiger partial charge on any atom is 0.257 e. The number of carbonyl (C=O) groups excluding carboxylic acids is 1. The van der Waals surface area contributed by atoms with Crippen molar-refractivity contribution in [2.45, 2.75) is 38.5 Å². The molecule has 7 nitrogen and oxygen atoms in total. The molecular formula is C22H27N3O4. The van der Waals surface area contributed by atoms with Crippen molar-refractivity contribution in [3.05, 3.63) is 54.0 Å². The summed E-state index contributed by atoms with van der Waals surface area (Å²) in [5.41, 5.74) is 1.84. The molecule has 0 spiro atoms. The zero-order valence-corrected chi connectivity index (χ0v) is 17.1. The molecule has 2 aromatic rings. The molecular weight excluding hydrogens is 370 g/mol. The fraction of sp³-hybridized carbons (Fsp3) is 0.455. The fourth-order valence-electron chi connectivity index (χ4n) is 4.08. The van der Waals surface area contributed by atoms with E-state index in [1.165, 1.54) is 0 Å². The number of methoxy groups -OCH3 is 1. The van der Waals surface area contributed by atoms with Gasteiger partial charge in [0.15, 0.2) is 0 Å². The first kappa shape index (κ1) is 19.7. The van der Waals surface area contributed by atoms with Crippen LogP contribution in [0.25, 0.3) is 0 Å². The normalized spacial score (nSPS) is 25.1. The molecule has 2 aliphatic rings. The maximum absolute atomic E-state index is 13.2. The number of hydrogen-bond donors (Lipinski definition) is 0. The van der Waals surface area contributed by atoms with Gasteiger partial charge in [-0.25, -0.2) is 5.01 Å². The molecule has 29 heavy (non-hydrogen) atoms. The molecule has 0 N–H and O–H groups in total. The zero-order valence-electron chi connectivity index (χ0n) is 17.1. The highest BCUT2D eigenvalue weighted by Crippen LogP contribution is 2.33. The van der Waals surface area contributed by atoms with Crippen molar-refractivity contribution in [2.24, 2.45) is 5.10 Å². The Kier molecular flexibility index (Phi) is 5.69. The van der Waals surface area contributed by atoms with Crippen molar-refractivity contribution < 1.29 is 18.7 Å². The van der Waals surface area contributed by atoms with Gasteiger partial charge >= 0.3 is 0 Å². The molecule has 1 saturated heterocycles. The maximum atomic E-state index is 13.2. The largest absolute Gasteiger partial charge is 0.497 e.